The van der Waals surface area contributed by atoms with Gasteiger partial charge in [-0.25, -0.2) is 4.99 Å². The summed E-state index contributed by atoms with van der Waals surface area (Å²) in [5.74, 6) is 0.446. The summed E-state index contributed by atoms with van der Waals surface area (Å²) in [5.41, 5.74) is 0.206. The number of likely N-dealkylation sites (tertiary alicyclic amines) is 1. The second-order valence-electron chi connectivity index (χ2n) is 7.18. The van der Waals surface area contributed by atoms with Crippen LogP contribution in [0, 0.1) is 0 Å². The molecule has 6 nitrogen and oxygen atoms in total. The van der Waals surface area contributed by atoms with Crippen molar-refractivity contribution in [1.29, 1.82) is 0 Å². The maximum absolute atomic E-state index is 12.7. The van der Waals surface area contributed by atoms with Crippen LogP contribution in [-0.4, -0.2) is 68.0 Å². The number of rotatable bonds is 7. The van der Waals surface area contributed by atoms with Gasteiger partial charge < -0.3 is 15.5 Å². The number of likely N-dealkylation sites (N-methyl/N-ethyl adjacent to an activating group) is 1. The summed E-state index contributed by atoms with van der Waals surface area (Å²) in [4.78, 5) is 19.7. The van der Waals surface area contributed by atoms with Gasteiger partial charge in [0.25, 0.3) is 0 Å². The number of carbonyl (C=O) groups excluding carboxylic acids is 1. The summed E-state index contributed by atoms with van der Waals surface area (Å²) >= 11 is 0. The van der Waals surface area contributed by atoms with Crippen LogP contribution in [0.1, 0.15) is 17.5 Å². The number of nitrogens with zero attached hydrogens (tertiary/aromatic N) is 3. The molecule has 0 saturated carbocycles. The fourth-order valence-corrected chi connectivity index (χ4v) is 2.95. The summed E-state index contributed by atoms with van der Waals surface area (Å²) in [5, 5.41) is 6.42. The molecule has 0 bridgehead atoms. The first-order chi connectivity index (χ1) is 13.7. The van der Waals surface area contributed by atoms with E-state index < -0.39 is 11.7 Å². The van der Waals surface area contributed by atoms with Crippen molar-refractivity contribution in [2.24, 2.45) is 4.99 Å². The highest BCUT2D eigenvalue weighted by Crippen LogP contribution is 2.29. The number of amides is 1. The number of carbonyl (C=O) groups is 1. The summed E-state index contributed by atoms with van der Waals surface area (Å²) in [6.45, 7) is 6.37. The van der Waals surface area contributed by atoms with Crippen molar-refractivity contribution < 1.29 is 18.0 Å². The van der Waals surface area contributed by atoms with Crippen LogP contribution in [0.15, 0.2) is 41.9 Å². The molecule has 1 aromatic carbocycles. The SMILES string of the molecule is C=CCNC(=NCC(=O)N(C)C)NC1CCN(Cc2ccc(C(F)(F)F)cc2)C1. The molecule has 9 heteroatoms. The molecule has 160 valence electrons. The van der Waals surface area contributed by atoms with Crippen LogP contribution >= 0.6 is 0 Å². The van der Waals surface area contributed by atoms with Crippen molar-refractivity contribution in [1.82, 2.24) is 20.4 Å². The van der Waals surface area contributed by atoms with E-state index in [-0.39, 0.29) is 18.5 Å². The van der Waals surface area contributed by atoms with Crippen molar-refractivity contribution in [3.63, 3.8) is 0 Å². The Bertz CT molecular complexity index is 716. The third-order valence-electron chi connectivity index (χ3n) is 4.59. The predicted octanol–water partition coefficient (Wildman–Crippen LogP) is 2.09. The zero-order chi connectivity index (χ0) is 21.4. The van der Waals surface area contributed by atoms with E-state index in [2.05, 4.69) is 27.1 Å². The Morgan fingerprint density at radius 3 is 2.62 bits per heavy atom. The average molecular weight is 411 g/mol. The van der Waals surface area contributed by atoms with E-state index in [0.29, 0.717) is 19.0 Å². The zero-order valence-electron chi connectivity index (χ0n) is 16.8. The van der Waals surface area contributed by atoms with Gasteiger partial charge >= 0.3 is 6.18 Å². The molecule has 1 fully saturated rings. The van der Waals surface area contributed by atoms with E-state index in [9.17, 15) is 18.0 Å². The molecular formula is C20H28F3N5O. The number of hydrogen-bond acceptors (Lipinski definition) is 3. The molecule has 1 aliphatic rings. The molecule has 0 aliphatic carbocycles. The average Bonchev–Trinajstić information content (AvgIpc) is 3.10. The third-order valence-corrected chi connectivity index (χ3v) is 4.59. The Morgan fingerprint density at radius 2 is 2.03 bits per heavy atom. The third kappa shape index (κ3) is 7.41. The first-order valence-electron chi connectivity index (χ1n) is 9.43. The van der Waals surface area contributed by atoms with Crippen LogP contribution in [0.4, 0.5) is 13.2 Å². The highest BCUT2D eigenvalue weighted by atomic mass is 19.4. The first-order valence-corrected chi connectivity index (χ1v) is 9.43. The number of aliphatic imine (C=N–C) groups is 1. The van der Waals surface area contributed by atoms with E-state index in [0.717, 1.165) is 37.2 Å². The lowest BCUT2D eigenvalue weighted by Gasteiger charge is -2.19. The molecule has 29 heavy (non-hydrogen) atoms. The Morgan fingerprint density at radius 1 is 1.34 bits per heavy atom. The van der Waals surface area contributed by atoms with Gasteiger partial charge in [-0.2, -0.15) is 13.2 Å². The molecule has 1 saturated heterocycles. The smallest absolute Gasteiger partial charge is 0.353 e. The minimum absolute atomic E-state index is 0.0431. The van der Waals surface area contributed by atoms with Crippen LogP contribution in [0.3, 0.4) is 0 Å². The molecule has 1 heterocycles. The lowest BCUT2D eigenvalue weighted by atomic mass is 10.1. The highest BCUT2D eigenvalue weighted by Gasteiger charge is 2.30. The minimum Gasteiger partial charge on any atom is -0.353 e. The largest absolute Gasteiger partial charge is 0.416 e. The summed E-state index contributed by atoms with van der Waals surface area (Å²) in [6, 6.07) is 5.42. The number of alkyl halides is 3. The molecule has 2 rings (SSSR count). The molecule has 1 aromatic rings. The number of benzene rings is 1. The lowest BCUT2D eigenvalue weighted by Crippen LogP contribution is -2.45. The van der Waals surface area contributed by atoms with Crippen LogP contribution in [0.5, 0.6) is 0 Å². The van der Waals surface area contributed by atoms with E-state index >= 15 is 0 Å². The standard InChI is InChI=1S/C20H28F3N5O/c1-4-10-24-19(25-12-18(29)27(2)3)26-17-9-11-28(14-17)13-15-5-7-16(8-6-15)20(21,22)23/h4-8,17H,1,9-14H2,2-3H3,(H2,24,25,26). The maximum Gasteiger partial charge on any atom is 0.416 e. The summed E-state index contributed by atoms with van der Waals surface area (Å²) in [6.07, 6.45) is -1.74. The van der Waals surface area contributed by atoms with Crippen molar-refractivity contribution in [3.05, 3.63) is 48.0 Å². The first kappa shape index (κ1) is 22.7. The van der Waals surface area contributed by atoms with Crippen molar-refractivity contribution in [2.75, 3.05) is 40.3 Å². The zero-order valence-corrected chi connectivity index (χ0v) is 16.8. The van der Waals surface area contributed by atoms with Crippen molar-refractivity contribution in [3.8, 4) is 0 Å². The van der Waals surface area contributed by atoms with E-state index in [1.54, 1.807) is 20.2 Å². The van der Waals surface area contributed by atoms with E-state index in [4.69, 9.17) is 0 Å². The summed E-state index contributed by atoms with van der Waals surface area (Å²) < 4.78 is 38.0. The van der Waals surface area contributed by atoms with Crippen LogP contribution in [-0.2, 0) is 17.5 Å². The number of nitrogens with one attached hydrogen (secondary N) is 2. The fourth-order valence-electron chi connectivity index (χ4n) is 2.95. The predicted molar refractivity (Wildman–Crippen MR) is 107 cm³/mol. The quantitative estimate of drug-likeness (QED) is 0.410. The van der Waals surface area contributed by atoms with Crippen molar-refractivity contribution >= 4 is 11.9 Å². The van der Waals surface area contributed by atoms with Gasteiger partial charge in [0.2, 0.25) is 5.91 Å². The molecule has 0 aromatic heterocycles. The lowest BCUT2D eigenvalue weighted by molar-refractivity contribution is -0.137. The molecule has 1 unspecified atom stereocenters. The number of hydrogen-bond donors (Lipinski definition) is 2. The fraction of sp³-hybridized carbons (Fsp3) is 0.500. The van der Waals surface area contributed by atoms with E-state index in [1.807, 2.05) is 0 Å². The van der Waals surface area contributed by atoms with Crippen LogP contribution < -0.4 is 10.6 Å². The Hall–Kier alpha value is -2.55. The molecule has 1 amide bonds. The Balaban J connectivity index is 1.90. The second-order valence-corrected chi connectivity index (χ2v) is 7.18. The molecule has 2 N–H and O–H groups in total. The van der Waals surface area contributed by atoms with Gasteiger partial charge in [0.1, 0.15) is 6.54 Å². The molecule has 0 radical (unpaired) electrons. The van der Waals surface area contributed by atoms with Crippen LogP contribution in [0.25, 0.3) is 0 Å². The summed E-state index contributed by atoms with van der Waals surface area (Å²) in [7, 11) is 3.36. The Labute approximate surface area is 169 Å². The van der Waals surface area contributed by atoms with Gasteiger partial charge in [-0.05, 0) is 24.1 Å². The monoisotopic (exact) mass is 411 g/mol. The van der Waals surface area contributed by atoms with E-state index in [1.165, 1.54) is 17.0 Å². The van der Waals surface area contributed by atoms with Gasteiger partial charge in [0.15, 0.2) is 5.96 Å². The maximum atomic E-state index is 12.7. The van der Waals surface area contributed by atoms with Gasteiger partial charge in [0, 0.05) is 46.3 Å². The second kappa shape index (κ2) is 10.3. The number of guanidine groups is 1. The van der Waals surface area contributed by atoms with Gasteiger partial charge in [0.05, 0.1) is 5.56 Å². The van der Waals surface area contributed by atoms with Gasteiger partial charge in [-0.1, -0.05) is 18.2 Å². The Kier molecular flexibility index (Phi) is 8.07. The van der Waals surface area contributed by atoms with Crippen LogP contribution in [0.2, 0.25) is 0 Å². The van der Waals surface area contributed by atoms with Gasteiger partial charge in [-0.3, -0.25) is 9.69 Å². The molecule has 1 atom stereocenters. The normalized spacial score (nSPS) is 17.8. The number of halogens is 3. The molecule has 1 aliphatic heterocycles. The highest BCUT2D eigenvalue weighted by molar-refractivity contribution is 5.85. The topological polar surface area (TPSA) is 60.0 Å². The molecule has 0 spiro atoms. The van der Waals surface area contributed by atoms with Gasteiger partial charge in [-0.15, -0.1) is 6.58 Å². The molecular weight excluding hydrogens is 383 g/mol. The van der Waals surface area contributed by atoms with Crippen molar-refractivity contribution in [2.45, 2.75) is 25.2 Å². The minimum atomic E-state index is -4.32.